The van der Waals surface area contributed by atoms with Gasteiger partial charge in [0.25, 0.3) is 17.7 Å². The molecule has 2 aliphatic carbocycles. The zero-order valence-corrected chi connectivity index (χ0v) is 35.1. The lowest BCUT2D eigenvalue weighted by Gasteiger charge is -2.65. The molecule has 5 aliphatic heterocycles. The SMILES string of the molecule is CC1(C)C(Oc2ccc(C#N)c(Cl)c2)C(C)(C)C1N1Cc2cc(C#CC3CC4(C3)CN(C3CN(c5cc6c(cc5F)C(=O)N(C5CCC(=O)NC5=O)C6=O)C3)C4)ccc2C1=O. The molecule has 3 aromatic carbocycles. The van der Waals surface area contributed by atoms with Crippen LogP contribution >= 0.6 is 11.6 Å². The predicted molar refractivity (Wildman–Crippen MR) is 221 cm³/mol. The molecule has 1 N–H and O–H groups in total. The van der Waals surface area contributed by atoms with E-state index in [4.69, 9.17) is 16.3 Å². The van der Waals surface area contributed by atoms with Crippen LogP contribution < -0.4 is 15.0 Å². The number of nitrogens with zero attached hydrogens (tertiary/aromatic N) is 5. The number of amides is 5. The fourth-order valence-electron chi connectivity index (χ4n) is 11.8. The zero-order chi connectivity index (χ0) is 42.9. The maximum atomic E-state index is 15.4. The monoisotopic (exact) mass is 842 g/mol. The maximum Gasteiger partial charge on any atom is 0.262 e. The largest absolute Gasteiger partial charge is 0.489 e. The van der Waals surface area contributed by atoms with E-state index in [9.17, 15) is 29.2 Å². The lowest BCUT2D eigenvalue weighted by atomic mass is 9.49. The van der Waals surface area contributed by atoms with Gasteiger partial charge in [-0.15, -0.1) is 0 Å². The normalized spacial score (nSPS) is 26.0. The molecule has 5 heterocycles. The Morgan fingerprint density at radius 3 is 2.26 bits per heavy atom. The van der Waals surface area contributed by atoms with Gasteiger partial charge >= 0.3 is 0 Å². The summed E-state index contributed by atoms with van der Waals surface area (Å²) in [6.45, 7) is 12.2. The molecule has 312 valence electrons. The fraction of sp³-hybridized carbons (Fsp3) is 0.447. The van der Waals surface area contributed by atoms with Crippen LogP contribution in [0.2, 0.25) is 5.02 Å². The average Bonchev–Trinajstić information content (AvgIpc) is 3.59. The van der Waals surface area contributed by atoms with Crippen LogP contribution in [-0.4, -0.2) is 94.6 Å². The van der Waals surface area contributed by atoms with Crippen LogP contribution in [0.15, 0.2) is 48.5 Å². The summed E-state index contributed by atoms with van der Waals surface area (Å²) >= 11 is 6.29. The summed E-state index contributed by atoms with van der Waals surface area (Å²) < 4.78 is 21.8. The third-order valence-electron chi connectivity index (χ3n) is 14.4. The summed E-state index contributed by atoms with van der Waals surface area (Å²) in [4.78, 5) is 71.4. The highest BCUT2D eigenvalue weighted by atomic mass is 35.5. The number of hydrogen-bond acceptors (Lipinski definition) is 9. The number of rotatable bonds is 6. The van der Waals surface area contributed by atoms with Gasteiger partial charge in [-0.25, -0.2) is 4.39 Å². The first-order valence-electron chi connectivity index (χ1n) is 20.8. The molecule has 2 saturated carbocycles. The summed E-state index contributed by atoms with van der Waals surface area (Å²) in [6, 6.07) is 14.7. The third-order valence-corrected chi connectivity index (χ3v) is 14.7. The molecule has 12 nitrogen and oxygen atoms in total. The Hall–Kier alpha value is -5.76. The molecule has 61 heavy (non-hydrogen) atoms. The molecule has 0 bridgehead atoms. The van der Waals surface area contributed by atoms with Crippen LogP contribution in [0.1, 0.15) is 101 Å². The average molecular weight is 843 g/mol. The first kappa shape index (κ1) is 39.4. The second-order valence-electron chi connectivity index (χ2n) is 19.2. The Kier molecular flexibility index (Phi) is 8.79. The highest BCUT2D eigenvalue weighted by Crippen LogP contribution is 2.59. The number of benzene rings is 3. The standard InChI is InChI=1S/C47H44ClFN6O6/c1-45(2)43(46(3,4)44(45)61-30-9-8-27(19-50)34(48)14-30)54-20-28-13-25(7-10-31(28)40(54)58)5-6-26-17-47(18-26)23-53(24-47)29-21-52(22-29)37-16-33-32(15-35(37)49)41(59)55(42(33)60)36-11-12-38(56)51-39(36)57/h7-10,13-16,26,29,36,43-44H,11-12,17-18,20-24H2,1-4H3,(H,51,56,57). The highest BCUT2D eigenvalue weighted by molar-refractivity contribution is 6.31. The van der Waals surface area contributed by atoms with Crippen molar-refractivity contribution in [3.05, 3.63) is 92.8 Å². The maximum absolute atomic E-state index is 15.4. The van der Waals surface area contributed by atoms with E-state index in [-0.39, 0.29) is 70.0 Å². The number of fused-ring (bicyclic) bond motifs is 2. The minimum atomic E-state index is -1.10. The number of nitriles is 1. The van der Waals surface area contributed by atoms with Crippen molar-refractivity contribution in [2.24, 2.45) is 22.2 Å². The lowest BCUT2D eigenvalue weighted by Crippen LogP contribution is -2.74. The van der Waals surface area contributed by atoms with Crippen molar-refractivity contribution in [3.63, 3.8) is 0 Å². The molecule has 10 rings (SSSR count). The van der Waals surface area contributed by atoms with Crippen LogP contribution in [0.4, 0.5) is 10.1 Å². The molecule has 5 fully saturated rings. The van der Waals surface area contributed by atoms with Gasteiger partial charge in [-0.3, -0.25) is 39.1 Å². The highest BCUT2D eigenvalue weighted by Gasteiger charge is 2.67. The molecule has 1 spiro atoms. The minimum Gasteiger partial charge on any atom is -0.489 e. The number of carbonyl (C=O) groups is 5. The van der Waals surface area contributed by atoms with Gasteiger partial charge < -0.3 is 14.5 Å². The molecule has 5 amide bonds. The van der Waals surface area contributed by atoms with Crippen LogP contribution in [-0.2, 0) is 16.1 Å². The van der Waals surface area contributed by atoms with Crippen molar-refractivity contribution in [2.45, 2.75) is 84.2 Å². The van der Waals surface area contributed by atoms with Crippen LogP contribution in [0.25, 0.3) is 0 Å². The number of anilines is 1. The van der Waals surface area contributed by atoms with E-state index >= 15 is 4.39 Å². The van der Waals surface area contributed by atoms with Gasteiger partial charge in [0.15, 0.2) is 0 Å². The Morgan fingerprint density at radius 1 is 0.885 bits per heavy atom. The molecule has 1 unspecified atom stereocenters. The quantitative estimate of drug-likeness (QED) is 0.250. The fourth-order valence-corrected chi connectivity index (χ4v) is 12.1. The van der Waals surface area contributed by atoms with Crippen LogP contribution in [0, 0.1) is 51.2 Å². The lowest BCUT2D eigenvalue weighted by molar-refractivity contribution is -0.199. The van der Waals surface area contributed by atoms with Crippen LogP contribution in [0.5, 0.6) is 5.75 Å². The van der Waals surface area contributed by atoms with E-state index < -0.39 is 35.5 Å². The third kappa shape index (κ3) is 6.06. The van der Waals surface area contributed by atoms with E-state index in [1.54, 1.807) is 18.2 Å². The van der Waals surface area contributed by atoms with Gasteiger partial charge in [0.05, 0.1) is 27.4 Å². The molecule has 3 aromatic rings. The molecular formula is C47H44ClFN6O6. The van der Waals surface area contributed by atoms with Gasteiger partial charge in [0.1, 0.15) is 29.8 Å². The number of imide groups is 2. The second-order valence-corrected chi connectivity index (χ2v) is 19.6. The molecule has 3 saturated heterocycles. The summed E-state index contributed by atoms with van der Waals surface area (Å²) in [5.41, 5.74) is 2.80. The molecule has 0 aromatic heterocycles. The van der Waals surface area contributed by atoms with Gasteiger partial charge in [-0.2, -0.15) is 5.26 Å². The molecule has 0 radical (unpaired) electrons. The number of likely N-dealkylation sites (tertiary alicyclic amines) is 1. The number of halogens is 2. The zero-order valence-electron chi connectivity index (χ0n) is 34.3. The number of hydrogen-bond donors (Lipinski definition) is 1. The summed E-state index contributed by atoms with van der Waals surface area (Å²) in [5, 5.41) is 11.8. The van der Waals surface area contributed by atoms with E-state index in [0.29, 0.717) is 47.5 Å². The molecular weight excluding hydrogens is 799 g/mol. The number of nitrogens with one attached hydrogen (secondary N) is 1. The van der Waals surface area contributed by atoms with E-state index in [1.165, 1.54) is 6.07 Å². The van der Waals surface area contributed by atoms with Crippen LogP contribution in [0.3, 0.4) is 0 Å². The first-order chi connectivity index (χ1) is 29.0. The predicted octanol–water partition coefficient (Wildman–Crippen LogP) is 5.54. The summed E-state index contributed by atoms with van der Waals surface area (Å²) in [6.07, 6.45) is 1.91. The van der Waals surface area contributed by atoms with Gasteiger partial charge in [-0.05, 0) is 72.7 Å². The van der Waals surface area contributed by atoms with Gasteiger partial charge in [0.2, 0.25) is 11.8 Å². The van der Waals surface area contributed by atoms with Crippen molar-refractivity contribution in [1.82, 2.24) is 20.0 Å². The Morgan fingerprint density at radius 2 is 1.59 bits per heavy atom. The van der Waals surface area contributed by atoms with Crippen molar-refractivity contribution in [2.75, 3.05) is 31.1 Å². The number of carbonyl (C=O) groups excluding carboxylic acids is 5. The molecule has 7 aliphatic rings. The van der Waals surface area contributed by atoms with E-state index in [0.717, 1.165) is 48.0 Å². The van der Waals surface area contributed by atoms with Gasteiger partial charge in [0, 0.05) is 85.2 Å². The molecule has 1 atom stereocenters. The van der Waals surface area contributed by atoms with Crippen molar-refractivity contribution < 1.29 is 33.1 Å². The smallest absolute Gasteiger partial charge is 0.262 e. The first-order valence-corrected chi connectivity index (χ1v) is 21.2. The topological polar surface area (TPSA) is 143 Å². The minimum absolute atomic E-state index is 0.0159. The number of piperidine rings is 1. The van der Waals surface area contributed by atoms with E-state index in [2.05, 4.69) is 61.9 Å². The van der Waals surface area contributed by atoms with E-state index in [1.807, 2.05) is 21.9 Å². The number of ether oxygens (including phenoxy) is 1. The summed E-state index contributed by atoms with van der Waals surface area (Å²) in [5.74, 6) is 4.69. The molecule has 14 heteroatoms. The van der Waals surface area contributed by atoms with Gasteiger partial charge in [-0.1, -0.05) is 51.1 Å². The summed E-state index contributed by atoms with van der Waals surface area (Å²) in [7, 11) is 0. The Balaban J connectivity index is 0.717. The van der Waals surface area contributed by atoms with Crippen molar-refractivity contribution >= 4 is 46.8 Å². The van der Waals surface area contributed by atoms with Crippen molar-refractivity contribution in [1.29, 1.82) is 5.26 Å². The van der Waals surface area contributed by atoms with Crippen molar-refractivity contribution in [3.8, 4) is 23.7 Å². The Labute approximate surface area is 357 Å². The second kappa shape index (κ2) is 13.6. The Bertz CT molecular complexity index is 2590.